The Balaban J connectivity index is 2.78. The molecule has 1 aliphatic heterocycles. The summed E-state index contributed by atoms with van der Waals surface area (Å²) in [6, 6.07) is 0. The number of nitrogens with zero attached hydrogens (tertiary/aromatic N) is 1. The third-order valence-corrected chi connectivity index (χ3v) is 2.19. The molecule has 14 heavy (non-hydrogen) atoms. The molecule has 0 saturated heterocycles. The zero-order valence-corrected chi connectivity index (χ0v) is 8.45. The van der Waals surface area contributed by atoms with Gasteiger partial charge in [-0.3, -0.25) is 4.99 Å². The van der Waals surface area contributed by atoms with Crippen LogP contribution in [-0.2, 0) is 9.53 Å². The van der Waals surface area contributed by atoms with Gasteiger partial charge in [-0.25, -0.2) is 0 Å². The highest BCUT2D eigenvalue weighted by Crippen LogP contribution is 2.22. The number of ether oxygens (including phenoxy) is 1. The van der Waals surface area contributed by atoms with Gasteiger partial charge in [-0.1, -0.05) is 12.7 Å². The molecule has 0 fully saturated rings. The van der Waals surface area contributed by atoms with Gasteiger partial charge in [-0.15, -0.1) is 0 Å². The Labute approximate surface area is 84.2 Å². The lowest BCUT2D eigenvalue weighted by molar-refractivity contribution is -0.107. The van der Waals surface area contributed by atoms with Gasteiger partial charge in [-0.05, 0) is 12.0 Å². The molecule has 0 saturated carbocycles. The lowest BCUT2D eigenvalue weighted by Crippen LogP contribution is -2.05. The van der Waals surface area contributed by atoms with E-state index in [1.54, 1.807) is 13.1 Å². The normalized spacial score (nSPS) is 16.8. The van der Waals surface area contributed by atoms with Gasteiger partial charge in [0, 0.05) is 19.9 Å². The first-order valence-corrected chi connectivity index (χ1v) is 4.71. The molecule has 3 heteroatoms. The van der Waals surface area contributed by atoms with E-state index < -0.39 is 0 Å². The standard InChI is InChI=1S/C11H15NO2/c1-3-9-6-8-14-11(9)10(12-2)5-4-7-13/h3,7H,1,4-6,8H2,2H3. The molecule has 1 aliphatic rings. The van der Waals surface area contributed by atoms with Crippen LogP contribution in [0, 0.1) is 0 Å². The summed E-state index contributed by atoms with van der Waals surface area (Å²) in [7, 11) is 1.72. The summed E-state index contributed by atoms with van der Waals surface area (Å²) < 4.78 is 5.47. The number of hydrogen-bond acceptors (Lipinski definition) is 3. The van der Waals surface area contributed by atoms with Gasteiger partial charge in [0.05, 0.1) is 12.3 Å². The van der Waals surface area contributed by atoms with E-state index in [-0.39, 0.29) is 0 Å². The van der Waals surface area contributed by atoms with Crippen LogP contribution in [0.25, 0.3) is 0 Å². The zero-order valence-electron chi connectivity index (χ0n) is 8.45. The lowest BCUT2D eigenvalue weighted by Gasteiger charge is -2.06. The second-order valence-electron chi connectivity index (χ2n) is 3.03. The Morgan fingerprint density at radius 2 is 2.50 bits per heavy atom. The second kappa shape index (κ2) is 5.37. The average Bonchev–Trinajstić information content (AvgIpc) is 2.67. The van der Waals surface area contributed by atoms with Gasteiger partial charge < -0.3 is 9.53 Å². The van der Waals surface area contributed by atoms with Gasteiger partial charge >= 0.3 is 0 Å². The molecular weight excluding hydrogens is 178 g/mol. The Hall–Kier alpha value is -1.38. The van der Waals surface area contributed by atoms with Crippen LogP contribution in [0.1, 0.15) is 19.3 Å². The van der Waals surface area contributed by atoms with Gasteiger partial charge in [0.2, 0.25) is 0 Å². The summed E-state index contributed by atoms with van der Waals surface area (Å²) in [5.74, 6) is 0.823. The van der Waals surface area contributed by atoms with E-state index in [9.17, 15) is 4.79 Å². The van der Waals surface area contributed by atoms with Crippen LogP contribution in [0.3, 0.4) is 0 Å². The largest absolute Gasteiger partial charge is 0.491 e. The number of carbonyl (C=O) groups is 1. The molecule has 0 amide bonds. The van der Waals surface area contributed by atoms with Crippen molar-refractivity contribution in [2.24, 2.45) is 4.99 Å². The maximum Gasteiger partial charge on any atom is 0.143 e. The molecule has 3 nitrogen and oxygen atoms in total. The van der Waals surface area contributed by atoms with E-state index >= 15 is 0 Å². The fourth-order valence-electron chi connectivity index (χ4n) is 1.46. The number of aliphatic imine (C=N–C) groups is 1. The van der Waals surface area contributed by atoms with Crippen LogP contribution < -0.4 is 0 Å². The molecule has 0 aromatic carbocycles. The van der Waals surface area contributed by atoms with Crippen molar-refractivity contribution in [3.05, 3.63) is 24.0 Å². The molecular formula is C11H15NO2. The second-order valence-corrected chi connectivity index (χ2v) is 3.03. The summed E-state index contributed by atoms with van der Waals surface area (Å²) in [5.41, 5.74) is 1.96. The SMILES string of the molecule is C=CC1=C(C(CCC=O)=NC)OCC1. The Morgan fingerprint density at radius 3 is 3.07 bits per heavy atom. The van der Waals surface area contributed by atoms with Crippen molar-refractivity contribution in [3.8, 4) is 0 Å². The van der Waals surface area contributed by atoms with Gasteiger partial charge in [0.1, 0.15) is 12.0 Å². The maximum atomic E-state index is 10.3. The predicted octanol–water partition coefficient (Wildman–Crippen LogP) is 1.90. The van der Waals surface area contributed by atoms with Crippen molar-refractivity contribution in [2.75, 3.05) is 13.7 Å². The topological polar surface area (TPSA) is 38.7 Å². The summed E-state index contributed by atoms with van der Waals surface area (Å²) in [4.78, 5) is 14.4. The van der Waals surface area contributed by atoms with E-state index in [1.807, 2.05) is 0 Å². The smallest absolute Gasteiger partial charge is 0.143 e. The average molecular weight is 193 g/mol. The Bertz CT molecular complexity index is 290. The molecule has 1 rings (SSSR count). The van der Waals surface area contributed by atoms with E-state index in [4.69, 9.17) is 4.74 Å². The predicted molar refractivity (Wildman–Crippen MR) is 56.4 cm³/mol. The highest BCUT2D eigenvalue weighted by molar-refractivity contribution is 6.00. The molecule has 0 aromatic heterocycles. The first kappa shape index (κ1) is 10.7. The minimum atomic E-state index is 0.490. The van der Waals surface area contributed by atoms with E-state index in [1.165, 1.54) is 0 Å². The molecule has 0 atom stereocenters. The highest BCUT2D eigenvalue weighted by Gasteiger charge is 2.17. The van der Waals surface area contributed by atoms with Crippen LogP contribution in [0.15, 0.2) is 29.0 Å². The number of rotatable bonds is 5. The molecule has 1 heterocycles. The number of hydrogen-bond donors (Lipinski definition) is 0. The highest BCUT2D eigenvalue weighted by atomic mass is 16.5. The fourth-order valence-corrected chi connectivity index (χ4v) is 1.46. The number of allylic oxidation sites excluding steroid dienone is 2. The van der Waals surface area contributed by atoms with E-state index in [2.05, 4.69) is 11.6 Å². The van der Waals surface area contributed by atoms with Crippen LogP contribution in [-0.4, -0.2) is 25.7 Å². The summed E-state index contributed by atoms with van der Waals surface area (Å²) in [6.07, 6.45) is 4.72. The minimum absolute atomic E-state index is 0.490. The minimum Gasteiger partial charge on any atom is -0.491 e. The van der Waals surface area contributed by atoms with Crippen molar-refractivity contribution in [1.82, 2.24) is 0 Å². The molecule has 0 unspecified atom stereocenters. The third kappa shape index (κ3) is 2.31. The summed E-state index contributed by atoms with van der Waals surface area (Å²) in [5, 5.41) is 0. The number of carbonyl (C=O) groups excluding carboxylic acids is 1. The zero-order chi connectivity index (χ0) is 10.4. The van der Waals surface area contributed by atoms with E-state index in [0.717, 1.165) is 29.8 Å². The van der Waals surface area contributed by atoms with E-state index in [0.29, 0.717) is 19.4 Å². The molecule has 0 aromatic rings. The lowest BCUT2D eigenvalue weighted by atomic mass is 10.1. The van der Waals surface area contributed by atoms with Crippen LogP contribution in [0.2, 0.25) is 0 Å². The maximum absolute atomic E-state index is 10.3. The van der Waals surface area contributed by atoms with Crippen molar-refractivity contribution < 1.29 is 9.53 Å². The molecule has 0 bridgehead atoms. The van der Waals surface area contributed by atoms with Crippen molar-refractivity contribution in [3.63, 3.8) is 0 Å². The van der Waals surface area contributed by atoms with Crippen molar-refractivity contribution in [2.45, 2.75) is 19.3 Å². The van der Waals surface area contributed by atoms with Crippen LogP contribution in [0.4, 0.5) is 0 Å². The molecule has 0 radical (unpaired) electrons. The van der Waals surface area contributed by atoms with Gasteiger partial charge in [0.25, 0.3) is 0 Å². The quantitative estimate of drug-likeness (QED) is 0.494. The van der Waals surface area contributed by atoms with Crippen LogP contribution in [0.5, 0.6) is 0 Å². The Kier molecular flexibility index (Phi) is 4.11. The Morgan fingerprint density at radius 1 is 1.71 bits per heavy atom. The van der Waals surface area contributed by atoms with Crippen molar-refractivity contribution >= 4 is 12.0 Å². The third-order valence-electron chi connectivity index (χ3n) is 2.19. The summed E-state index contributed by atoms with van der Waals surface area (Å²) >= 11 is 0. The number of aldehydes is 1. The molecule has 0 N–H and O–H groups in total. The molecule has 0 spiro atoms. The first-order chi connectivity index (χ1) is 6.83. The molecule has 76 valence electrons. The monoisotopic (exact) mass is 193 g/mol. The van der Waals surface area contributed by atoms with Gasteiger partial charge in [-0.2, -0.15) is 0 Å². The van der Waals surface area contributed by atoms with Gasteiger partial charge in [0.15, 0.2) is 0 Å². The molecule has 0 aliphatic carbocycles. The van der Waals surface area contributed by atoms with Crippen molar-refractivity contribution in [1.29, 1.82) is 0 Å². The van der Waals surface area contributed by atoms with Crippen LogP contribution >= 0.6 is 0 Å². The summed E-state index contributed by atoms with van der Waals surface area (Å²) in [6.45, 7) is 4.42. The first-order valence-electron chi connectivity index (χ1n) is 4.71. The fraction of sp³-hybridized carbons (Fsp3) is 0.455.